The molecule has 0 saturated heterocycles. The van der Waals surface area contributed by atoms with E-state index in [4.69, 9.17) is 26.5 Å². The lowest BCUT2D eigenvalue weighted by atomic mass is 9.94. The first-order chi connectivity index (χ1) is 16.5. The second kappa shape index (κ2) is 9.07. The number of methoxy groups -OCH3 is 1. The van der Waals surface area contributed by atoms with E-state index >= 15 is 0 Å². The Morgan fingerprint density at radius 3 is 2.50 bits per heavy atom. The van der Waals surface area contributed by atoms with Gasteiger partial charge in [0.1, 0.15) is 11.6 Å². The Labute approximate surface area is 201 Å². The summed E-state index contributed by atoms with van der Waals surface area (Å²) >= 11 is 5.71. The minimum atomic E-state index is -0.354. The van der Waals surface area contributed by atoms with Gasteiger partial charge in [-0.1, -0.05) is 53.7 Å². The molecule has 34 heavy (non-hydrogen) atoms. The first kappa shape index (κ1) is 21.8. The van der Waals surface area contributed by atoms with Crippen molar-refractivity contribution in [2.24, 2.45) is 0 Å². The molecule has 1 aliphatic rings. The number of benzene rings is 3. The molecule has 0 saturated carbocycles. The van der Waals surface area contributed by atoms with Crippen molar-refractivity contribution in [2.45, 2.75) is 13.0 Å². The van der Waals surface area contributed by atoms with Gasteiger partial charge in [0, 0.05) is 11.3 Å². The number of hydrogen-bond acceptors (Lipinski definition) is 5. The summed E-state index contributed by atoms with van der Waals surface area (Å²) in [6.45, 7) is 1.91. The van der Waals surface area contributed by atoms with E-state index in [-0.39, 0.29) is 11.9 Å². The molecule has 2 heterocycles. The maximum Gasteiger partial charge on any atom is 0.258 e. The highest BCUT2D eigenvalue weighted by atomic mass is 32.1. The van der Waals surface area contributed by atoms with E-state index in [0.717, 1.165) is 28.1 Å². The van der Waals surface area contributed by atoms with Crippen molar-refractivity contribution >= 4 is 28.6 Å². The third kappa shape index (κ3) is 4.04. The Morgan fingerprint density at radius 2 is 1.79 bits per heavy atom. The van der Waals surface area contributed by atoms with Crippen LogP contribution in [0.15, 0.2) is 89.1 Å². The van der Waals surface area contributed by atoms with E-state index in [1.807, 2.05) is 61.5 Å². The number of nitrogens with zero attached hydrogens (tertiary/aromatic N) is 3. The Kier molecular flexibility index (Phi) is 5.81. The Morgan fingerprint density at radius 1 is 1.03 bits per heavy atom. The van der Waals surface area contributed by atoms with Gasteiger partial charge >= 0.3 is 0 Å². The maximum atomic E-state index is 14.0. The third-order valence-corrected chi connectivity index (χ3v) is 5.99. The molecule has 1 atom stereocenters. The molecule has 0 bridgehead atoms. The lowest BCUT2D eigenvalue weighted by Gasteiger charge is -2.37. The molecule has 170 valence electrons. The molecule has 6 nitrogen and oxygen atoms in total. The molecule has 0 spiro atoms. The van der Waals surface area contributed by atoms with Crippen LogP contribution in [0.2, 0.25) is 0 Å². The summed E-state index contributed by atoms with van der Waals surface area (Å²) in [5.74, 6) is 1.23. The fourth-order valence-corrected chi connectivity index (χ4v) is 4.39. The molecule has 3 aromatic carbocycles. The quantitative estimate of drug-likeness (QED) is 0.371. The van der Waals surface area contributed by atoms with Gasteiger partial charge in [0.25, 0.3) is 5.89 Å². The van der Waals surface area contributed by atoms with Crippen molar-refractivity contribution in [1.82, 2.24) is 15.5 Å². The largest absolute Gasteiger partial charge is 0.497 e. The number of nitrogens with one attached hydrogen (secondary N) is 1. The van der Waals surface area contributed by atoms with Gasteiger partial charge < -0.3 is 14.6 Å². The molecule has 5 rings (SSSR count). The zero-order valence-corrected chi connectivity index (χ0v) is 19.3. The number of allylic oxidation sites excluding steroid dienone is 1. The molecular formula is C26H21FN4O2S. The number of aromatic nitrogens is 2. The summed E-state index contributed by atoms with van der Waals surface area (Å²) in [7, 11) is 1.62. The van der Waals surface area contributed by atoms with Crippen LogP contribution in [0.1, 0.15) is 24.4 Å². The van der Waals surface area contributed by atoms with Crippen LogP contribution in [0.5, 0.6) is 5.75 Å². The fraction of sp³-hybridized carbons (Fsp3) is 0.115. The van der Waals surface area contributed by atoms with Crippen molar-refractivity contribution in [2.75, 3.05) is 12.0 Å². The van der Waals surface area contributed by atoms with Crippen molar-refractivity contribution < 1.29 is 13.7 Å². The first-order valence-corrected chi connectivity index (χ1v) is 11.1. The molecule has 0 fully saturated rings. The lowest BCUT2D eigenvalue weighted by molar-refractivity contribution is 0.404. The molecule has 0 amide bonds. The fourth-order valence-electron chi connectivity index (χ4n) is 4.03. The highest BCUT2D eigenvalue weighted by molar-refractivity contribution is 7.80. The summed E-state index contributed by atoms with van der Waals surface area (Å²) in [5.41, 5.74) is 3.90. The first-order valence-electron chi connectivity index (χ1n) is 10.7. The molecule has 0 aliphatic carbocycles. The average Bonchev–Trinajstić information content (AvgIpc) is 3.34. The standard InChI is InChI=1S/C26H21FN4O2S/c1-16-22(25-29-24(30-33-25)18-7-4-3-5-8-18)23(17-11-13-21(32-2)14-12-17)28-26(34)31(16)20-10-6-9-19(27)15-20/h3-15,23H,1-2H3,(H,28,34). The van der Waals surface area contributed by atoms with Gasteiger partial charge in [-0.25, -0.2) is 4.39 Å². The average molecular weight is 473 g/mol. The minimum absolute atomic E-state index is 0.351. The smallest absolute Gasteiger partial charge is 0.258 e. The molecule has 8 heteroatoms. The van der Waals surface area contributed by atoms with Crippen molar-refractivity contribution in [3.05, 3.63) is 102 Å². The second-order valence-corrected chi connectivity index (χ2v) is 8.15. The zero-order valence-electron chi connectivity index (χ0n) is 18.5. The van der Waals surface area contributed by atoms with Crippen LogP contribution in [0.25, 0.3) is 17.0 Å². The number of hydrogen-bond donors (Lipinski definition) is 1. The van der Waals surface area contributed by atoms with Crippen molar-refractivity contribution in [3.8, 4) is 17.1 Å². The Bertz CT molecular complexity index is 1370. The number of halogens is 1. The Balaban J connectivity index is 1.65. The van der Waals surface area contributed by atoms with Crippen LogP contribution >= 0.6 is 12.2 Å². The maximum absolute atomic E-state index is 14.0. The monoisotopic (exact) mass is 472 g/mol. The van der Waals surface area contributed by atoms with Crippen LogP contribution in [0.3, 0.4) is 0 Å². The lowest BCUT2D eigenvalue weighted by Crippen LogP contribution is -2.46. The van der Waals surface area contributed by atoms with Gasteiger partial charge in [-0.15, -0.1) is 0 Å². The number of anilines is 1. The van der Waals surface area contributed by atoms with Crippen molar-refractivity contribution in [3.63, 3.8) is 0 Å². The van der Waals surface area contributed by atoms with E-state index in [9.17, 15) is 4.39 Å². The van der Waals surface area contributed by atoms with E-state index in [2.05, 4.69) is 10.5 Å². The predicted octanol–water partition coefficient (Wildman–Crippen LogP) is 5.75. The third-order valence-electron chi connectivity index (χ3n) is 5.69. The zero-order chi connectivity index (χ0) is 23.7. The summed E-state index contributed by atoms with van der Waals surface area (Å²) < 4.78 is 25.1. The van der Waals surface area contributed by atoms with Crippen LogP contribution in [0, 0.1) is 5.82 Å². The number of thiocarbonyl (C=S) groups is 1. The topological polar surface area (TPSA) is 63.4 Å². The van der Waals surface area contributed by atoms with E-state index in [1.54, 1.807) is 24.1 Å². The predicted molar refractivity (Wildman–Crippen MR) is 133 cm³/mol. The van der Waals surface area contributed by atoms with Crippen LogP contribution < -0.4 is 15.0 Å². The minimum Gasteiger partial charge on any atom is -0.497 e. The van der Waals surface area contributed by atoms with Crippen LogP contribution in [-0.2, 0) is 0 Å². The SMILES string of the molecule is COc1ccc(C2NC(=S)N(c3cccc(F)c3)C(C)=C2c2nc(-c3ccccc3)no2)cc1. The van der Waals surface area contributed by atoms with Crippen LogP contribution in [-0.4, -0.2) is 22.4 Å². The number of rotatable bonds is 5. The van der Waals surface area contributed by atoms with Gasteiger partial charge in [0.2, 0.25) is 5.82 Å². The van der Waals surface area contributed by atoms with Gasteiger partial charge in [0.15, 0.2) is 5.11 Å². The van der Waals surface area contributed by atoms with E-state index in [0.29, 0.717) is 22.5 Å². The summed E-state index contributed by atoms with van der Waals surface area (Å²) in [4.78, 5) is 6.47. The molecule has 1 aliphatic heterocycles. The summed E-state index contributed by atoms with van der Waals surface area (Å²) in [6, 6.07) is 23.2. The normalized spacial score (nSPS) is 15.9. The Hall–Kier alpha value is -4.04. The highest BCUT2D eigenvalue weighted by Crippen LogP contribution is 2.39. The van der Waals surface area contributed by atoms with Gasteiger partial charge in [-0.3, -0.25) is 4.90 Å². The van der Waals surface area contributed by atoms with Crippen molar-refractivity contribution in [1.29, 1.82) is 0 Å². The molecular weight excluding hydrogens is 451 g/mol. The highest BCUT2D eigenvalue weighted by Gasteiger charge is 2.35. The molecule has 1 N–H and O–H groups in total. The number of ether oxygens (including phenoxy) is 1. The van der Waals surface area contributed by atoms with E-state index < -0.39 is 0 Å². The summed E-state index contributed by atoms with van der Waals surface area (Å²) in [5, 5.41) is 8.02. The molecule has 1 aromatic heterocycles. The molecule has 1 unspecified atom stereocenters. The second-order valence-electron chi connectivity index (χ2n) is 7.76. The molecule has 4 aromatic rings. The van der Waals surface area contributed by atoms with Crippen LogP contribution in [0.4, 0.5) is 10.1 Å². The van der Waals surface area contributed by atoms with Gasteiger partial charge in [0.05, 0.1) is 24.4 Å². The van der Waals surface area contributed by atoms with Gasteiger partial charge in [-0.05, 0) is 55.0 Å². The van der Waals surface area contributed by atoms with Gasteiger partial charge in [-0.2, -0.15) is 4.98 Å². The summed E-state index contributed by atoms with van der Waals surface area (Å²) in [6.07, 6.45) is 0. The van der Waals surface area contributed by atoms with E-state index in [1.165, 1.54) is 12.1 Å². The molecule has 0 radical (unpaired) electrons.